The summed E-state index contributed by atoms with van der Waals surface area (Å²) in [6.45, 7) is 3.52. The van der Waals surface area contributed by atoms with Crippen molar-refractivity contribution in [3.05, 3.63) is 66.2 Å². The molecule has 0 unspecified atom stereocenters. The fraction of sp³-hybridized carbons (Fsp3) is 0.250. The van der Waals surface area contributed by atoms with Gasteiger partial charge in [-0.2, -0.15) is 0 Å². The van der Waals surface area contributed by atoms with E-state index >= 15 is 0 Å². The van der Waals surface area contributed by atoms with Gasteiger partial charge in [0.05, 0.1) is 12.3 Å². The van der Waals surface area contributed by atoms with Crippen LogP contribution in [0.3, 0.4) is 0 Å². The van der Waals surface area contributed by atoms with Crippen LogP contribution in [0, 0.1) is 0 Å². The van der Waals surface area contributed by atoms with Gasteiger partial charge in [-0.1, -0.05) is 78.6 Å². The van der Waals surface area contributed by atoms with E-state index in [1.54, 1.807) is 0 Å². The topological polar surface area (TPSA) is 58.1 Å². The van der Waals surface area contributed by atoms with Crippen molar-refractivity contribution in [2.24, 2.45) is 0 Å². The summed E-state index contributed by atoms with van der Waals surface area (Å²) in [5, 5.41) is 12.3. The molecule has 5 nitrogen and oxygen atoms in total. The van der Waals surface area contributed by atoms with E-state index < -0.39 is 0 Å². The zero-order valence-corrected chi connectivity index (χ0v) is 16.8. The summed E-state index contributed by atoms with van der Waals surface area (Å²) < 4.78 is 0.801. The fourth-order valence-electron chi connectivity index (χ4n) is 2.47. The molecule has 0 spiro atoms. The Morgan fingerprint density at radius 3 is 2.48 bits per heavy atom. The van der Waals surface area contributed by atoms with Crippen LogP contribution < -0.4 is 10.2 Å². The summed E-state index contributed by atoms with van der Waals surface area (Å²) in [6.07, 6.45) is 1.03. The third kappa shape index (κ3) is 5.80. The number of carbonyl (C=O) groups is 1. The monoisotopic (exact) mass is 398 g/mol. The van der Waals surface area contributed by atoms with Gasteiger partial charge in [-0.25, -0.2) is 0 Å². The predicted octanol–water partition coefficient (Wildman–Crippen LogP) is 4.69. The summed E-state index contributed by atoms with van der Waals surface area (Å²) in [7, 11) is 0. The van der Waals surface area contributed by atoms with Gasteiger partial charge in [-0.3, -0.25) is 4.79 Å². The van der Waals surface area contributed by atoms with Crippen LogP contribution in [0.5, 0.6) is 0 Å². The van der Waals surface area contributed by atoms with Gasteiger partial charge >= 0.3 is 0 Å². The van der Waals surface area contributed by atoms with Gasteiger partial charge in [0.1, 0.15) is 0 Å². The highest BCUT2D eigenvalue weighted by molar-refractivity contribution is 8.01. The second kappa shape index (κ2) is 10.1. The number of hydrogen-bond donors (Lipinski definition) is 1. The van der Waals surface area contributed by atoms with Crippen molar-refractivity contribution in [2.75, 3.05) is 22.5 Å². The first-order valence-electron chi connectivity index (χ1n) is 8.85. The lowest BCUT2D eigenvalue weighted by Gasteiger charge is -2.22. The van der Waals surface area contributed by atoms with Gasteiger partial charge in [0.15, 0.2) is 4.34 Å². The standard InChI is InChI=1S/C20H22N4OS2/c1-2-13-21-19-22-23-20(27-19)26-15-18(25)24(17-11-7-4-8-12-17)14-16-9-5-3-6-10-16/h3-12H,2,13-15H2,1H3,(H,21,22). The molecule has 0 aliphatic carbocycles. The lowest BCUT2D eigenvalue weighted by atomic mass is 10.2. The van der Waals surface area contributed by atoms with Gasteiger partial charge in [-0.05, 0) is 24.1 Å². The third-order valence-corrected chi connectivity index (χ3v) is 5.80. The number of rotatable bonds is 9. The van der Waals surface area contributed by atoms with E-state index in [0.29, 0.717) is 12.3 Å². The van der Waals surface area contributed by atoms with Crippen LogP contribution in [0.25, 0.3) is 0 Å². The molecule has 0 radical (unpaired) electrons. The molecule has 3 rings (SSSR count). The second-order valence-electron chi connectivity index (χ2n) is 5.89. The van der Waals surface area contributed by atoms with Crippen molar-refractivity contribution >= 4 is 39.8 Å². The molecule has 0 saturated heterocycles. The number of thioether (sulfide) groups is 1. The summed E-state index contributed by atoms with van der Waals surface area (Å²) >= 11 is 2.92. The molecule has 27 heavy (non-hydrogen) atoms. The molecule has 0 atom stereocenters. The number of para-hydroxylation sites is 1. The fourth-order valence-corrected chi connectivity index (χ4v) is 4.12. The quantitative estimate of drug-likeness (QED) is 0.530. The molecule has 1 N–H and O–H groups in total. The van der Waals surface area contributed by atoms with Crippen LogP contribution in [0.4, 0.5) is 10.8 Å². The smallest absolute Gasteiger partial charge is 0.237 e. The number of nitrogens with zero attached hydrogens (tertiary/aromatic N) is 3. The van der Waals surface area contributed by atoms with Crippen LogP contribution in [-0.2, 0) is 11.3 Å². The lowest BCUT2D eigenvalue weighted by Crippen LogP contribution is -2.31. The van der Waals surface area contributed by atoms with Crippen molar-refractivity contribution < 1.29 is 4.79 Å². The average Bonchev–Trinajstić information content (AvgIpc) is 3.18. The molecule has 0 aliphatic heterocycles. The van der Waals surface area contributed by atoms with Gasteiger partial charge in [0, 0.05) is 12.2 Å². The van der Waals surface area contributed by atoms with Crippen molar-refractivity contribution in [2.45, 2.75) is 24.2 Å². The maximum atomic E-state index is 12.9. The maximum absolute atomic E-state index is 12.9. The molecule has 0 saturated carbocycles. The van der Waals surface area contributed by atoms with E-state index in [9.17, 15) is 4.79 Å². The Morgan fingerprint density at radius 2 is 1.78 bits per heavy atom. The number of amides is 1. The number of carbonyl (C=O) groups excluding carboxylic acids is 1. The number of hydrogen-bond acceptors (Lipinski definition) is 6. The minimum atomic E-state index is 0.0494. The van der Waals surface area contributed by atoms with E-state index in [1.807, 2.05) is 65.6 Å². The molecule has 0 aliphatic rings. The Hall–Kier alpha value is -2.38. The molecule has 1 heterocycles. The largest absolute Gasteiger partial charge is 0.360 e. The van der Waals surface area contributed by atoms with Crippen LogP contribution in [0.1, 0.15) is 18.9 Å². The van der Waals surface area contributed by atoms with Crippen molar-refractivity contribution in [1.29, 1.82) is 0 Å². The van der Waals surface area contributed by atoms with Crippen LogP contribution in [0.15, 0.2) is 65.0 Å². The van der Waals surface area contributed by atoms with E-state index in [4.69, 9.17) is 0 Å². The molecule has 3 aromatic rings. The molecular formula is C20H22N4OS2. The van der Waals surface area contributed by atoms with Gasteiger partial charge in [0.25, 0.3) is 0 Å². The summed E-state index contributed by atoms with van der Waals surface area (Å²) in [6, 6.07) is 19.8. The molecule has 1 amide bonds. The zero-order chi connectivity index (χ0) is 18.9. The highest BCUT2D eigenvalue weighted by atomic mass is 32.2. The van der Waals surface area contributed by atoms with Crippen molar-refractivity contribution in [1.82, 2.24) is 10.2 Å². The molecule has 0 bridgehead atoms. The number of aromatic nitrogens is 2. The molecule has 140 valence electrons. The van der Waals surface area contributed by atoms with Gasteiger partial charge < -0.3 is 10.2 Å². The number of anilines is 2. The minimum Gasteiger partial charge on any atom is -0.360 e. The normalized spacial score (nSPS) is 10.6. The SMILES string of the molecule is CCCNc1nnc(SCC(=O)N(Cc2ccccc2)c2ccccc2)s1. The molecular weight excluding hydrogens is 376 g/mol. The van der Waals surface area contributed by atoms with Gasteiger partial charge in [0.2, 0.25) is 11.0 Å². The van der Waals surface area contributed by atoms with Crippen LogP contribution in [0.2, 0.25) is 0 Å². The Bertz CT molecular complexity index is 839. The molecule has 0 fully saturated rings. The third-order valence-electron chi connectivity index (χ3n) is 3.80. The van der Waals surface area contributed by atoms with Crippen molar-refractivity contribution in [3.63, 3.8) is 0 Å². The summed E-state index contributed by atoms with van der Waals surface area (Å²) in [5.74, 6) is 0.373. The first kappa shape index (κ1) is 19.4. The molecule has 7 heteroatoms. The lowest BCUT2D eigenvalue weighted by molar-refractivity contribution is -0.116. The summed E-state index contributed by atoms with van der Waals surface area (Å²) in [5.41, 5.74) is 2.00. The average molecular weight is 399 g/mol. The van der Waals surface area contributed by atoms with Crippen molar-refractivity contribution in [3.8, 4) is 0 Å². The first-order chi connectivity index (χ1) is 13.3. The van der Waals surface area contributed by atoms with E-state index in [1.165, 1.54) is 23.1 Å². The molecule has 2 aromatic carbocycles. The predicted molar refractivity (Wildman–Crippen MR) is 113 cm³/mol. The molecule has 1 aromatic heterocycles. The number of nitrogens with one attached hydrogen (secondary N) is 1. The van der Waals surface area contributed by atoms with E-state index in [2.05, 4.69) is 22.4 Å². The Morgan fingerprint density at radius 1 is 1.07 bits per heavy atom. The second-order valence-corrected chi connectivity index (χ2v) is 8.09. The summed E-state index contributed by atoms with van der Waals surface area (Å²) in [4.78, 5) is 14.8. The number of benzene rings is 2. The van der Waals surface area contributed by atoms with E-state index in [-0.39, 0.29) is 5.91 Å². The first-order valence-corrected chi connectivity index (χ1v) is 10.7. The maximum Gasteiger partial charge on any atom is 0.237 e. The Balaban J connectivity index is 1.66. The zero-order valence-electron chi connectivity index (χ0n) is 15.2. The highest BCUT2D eigenvalue weighted by Gasteiger charge is 2.17. The van der Waals surface area contributed by atoms with E-state index in [0.717, 1.165) is 33.7 Å². The highest BCUT2D eigenvalue weighted by Crippen LogP contribution is 2.27. The Labute approximate surface area is 167 Å². The van der Waals surface area contributed by atoms with Crippen LogP contribution in [-0.4, -0.2) is 28.4 Å². The minimum absolute atomic E-state index is 0.0494. The van der Waals surface area contributed by atoms with Crippen LogP contribution >= 0.6 is 23.1 Å². The van der Waals surface area contributed by atoms with Gasteiger partial charge in [-0.15, -0.1) is 10.2 Å². The Kier molecular flexibility index (Phi) is 7.24.